The Labute approximate surface area is 206 Å². The fourth-order valence-corrected chi connectivity index (χ4v) is 4.03. The summed E-state index contributed by atoms with van der Waals surface area (Å²) in [6, 6.07) is 27.6. The van der Waals surface area contributed by atoms with Gasteiger partial charge in [-0.25, -0.2) is 0 Å². The molecule has 0 aliphatic carbocycles. The van der Waals surface area contributed by atoms with Crippen molar-refractivity contribution in [2.45, 2.75) is 39.4 Å². The first kappa shape index (κ1) is 24.0. The van der Waals surface area contributed by atoms with Gasteiger partial charge >= 0.3 is 0 Å². The van der Waals surface area contributed by atoms with E-state index in [4.69, 9.17) is 5.10 Å². The Kier molecular flexibility index (Phi) is 7.73. The van der Waals surface area contributed by atoms with E-state index < -0.39 is 0 Å². The summed E-state index contributed by atoms with van der Waals surface area (Å²) in [7, 11) is 0. The Bertz CT molecular complexity index is 1270. The average Bonchev–Trinajstić information content (AvgIpc) is 3.26. The van der Waals surface area contributed by atoms with Gasteiger partial charge in [0.2, 0.25) is 11.8 Å². The van der Waals surface area contributed by atoms with Crippen molar-refractivity contribution in [3.63, 3.8) is 0 Å². The normalized spacial score (nSPS) is 11.6. The molecule has 0 radical (unpaired) electrons. The van der Waals surface area contributed by atoms with Crippen LogP contribution in [0, 0.1) is 6.92 Å². The van der Waals surface area contributed by atoms with Gasteiger partial charge in [-0.05, 0) is 18.1 Å². The monoisotopic (exact) mass is 466 g/mol. The summed E-state index contributed by atoms with van der Waals surface area (Å²) >= 11 is 0. The van der Waals surface area contributed by atoms with Crippen molar-refractivity contribution in [2.24, 2.45) is 0 Å². The van der Waals surface area contributed by atoms with Gasteiger partial charge in [-0.1, -0.05) is 90.5 Å². The molecule has 6 heteroatoms. The van der Waals surface area contributed by atoms with Crippen LogP contribution in [-0.2, 0) is 22.7 Å². The number of hydrogen-bond acceptors (Lipinski definition) is 3. The summed E-state index contributed by atoms with van der Waals surface area (Å²) in [6.07, 6.45) is 2.14. The molecule has 178 valence electrons. The Hall–Kier alpha value is -4.19. The summed E-state index contributed by atoms with van der Waals surface area (Å²) in [5.41, 5.74) is 5.97. The van der Waals surface area contributed by atoms with Crippen molar-refractivity contribution in [2.75, 3.05) is 0 Å². The molecule has 0 bridgehead atoms. The number of aromatic nitrogens is 2. The Balaban J connectivity index is 1.49. The maximum absolute atomic E-state index is 12.9. The van der Waals surface area contributed by atoms with Gasteiger partial charge in [0.1, 0.15) is 0 Å². The molecule has 2 N–H and O–H groups in total. The smallest absolute Gasteiger partial charge is 0.222 e. The summed E-state index contributed by atoms with van der Waals surface area (Å²) in [5, 5.41) is 10.7. The molecule has 0 fully saturated rings. The van der Waals surface area contributed by atoms with Crippen LogP contribution in [0.25, 0.3) is 11.3 Å². The van der Waals surface area contributed by atoms with E-state index in [9.17, 15) is 9.59 Å². The highest BCUT2D eigenvalue weighted by Crippen LogP contribution is 2.23. The van der Waals surface area contributed by atoms with Gasteiger partial charge in [0.15, 0.2) is 0 Å². The van der Waals surface area contributed by atoms with Gasteiger partial charge in [-0.15, -0.1) is 0 Å². The van der Waals surface area contributed by atoms with E-state index in [0.29, 0.717) is 13.1 Å². The first-order chi connectivity index (χ1) is 17.0. The van der Waals surface area contributed by atoms with Gasteiger partial charge in [-0.2, -0.15) is 5.10 Å². The molecule has 4 aromatic rings. The second-order valence-corrected chi connectivity index (χ2v) is 8.70. The second kappa shape index (κ2) is 11.3. The number of rotatable bonds is 9. The van der Waals surface area contributed by atoms with Crippen LogP contribution in [0.3, 0.4) is 0 Å². The van der Waals surface area contributed by atoms with E-state index in [2.05, 4.69) is 22.8 Å². The van der Waals surface area contributed by atoms with E-state index in [-0.39, 0.29) is 24.3 Å². The van der Waals surface area contributed by atoms with Crippen molar-refractivity contribution in [1.82, 2.24) is 20.4 Å². The lowest BCUT2D eigenvalue weighted by molar-refractivity contribution is -0.122. The predicted molar refractivity (Wildman–Crippen MR) is 137 cm³/mol. The zero-order chi connectivity index (χ0) is 24.6. The van der Waals surface area contributed by atoms with Crippen molar-refractivity contribution >= 4 is 11.8 Å². The lowest BCUT2D eigenvalue weighted by Crippen LogP contribution is -2.32. The topological polar surface area (TPSA) is 76.0 Å². The number of carbonyl (C=O) groups excluding carboxylic acids is 2. The maximum atomic E-state index is 12.9. The fourth-order valence-electron chi connectivity index (χ4n) is 4.03. The molecular formula is C29H30N4O2. The van der Waals surface area contributed by atoms with E-state index >= 15 is 0 Å². The molecule has 35 heavy (non-hydrogen) atoms. The van der Waals surface area contributed by atoms with Crippen LogP contribution in [0.5, 0.6) is 0 Å². The Morgan fingerprint density at radius 1 is 0.914 bits per heavy atom. The lowest BCUT2D eigenvalue weighted by Gasteiger charge is -2.18. The SMILES string of the molecule is CC(=O)N[C@H](CC(=O)NCc1cn(Cc2ccccc2)nc1-c1ccccc1)c1ccc(C)cc1. The Morgan fingerprint density at radius 2 is 1.57 bits per heavy atom. The molecule has 1 aromatic heterocycles. The van der Waals surface area contributed by atoms with E-state index in [0.717, 1.165) is 33.5 Å². The minimum atomic E-state index is -0.387. The quantitative estimate of drug-likeness (QED) is 0.372. The molecule has 4 rings (SSSR count). The van der Waals surface area contributed by atoms with Crippen LogP contribution in [0.15, 0.2) is 91.1 Å². The molecule has 0 saturated heterocycles. The van der Waals surface area contributed by atoms with Crippen LogP contribution >= 0.6 is 0 Å². The average molecular weight is 467 g/mol. The number of nitrogens with one attached hydrogen (secondary N) is 2. The molecule has 2 amide bonds. The second-order valence-electron chi connectivity index (χ2n) is 8.70. The summed E-state index contributed by atoms with van der Waals surface area (Å²) in [6.45, 7) is 4.46. The van der Waals surface area contributed by atoms with Gasteiger partial charge in [0.25, 0.3) is 0 Å². The summed E-state index contributed by atoms with van der Waals surface area (Å²) < 4.78 is 1.91. The van der Waals surface area contributed by atoms with Crippen LogP contribution < -0.4 is 10.6 Å². The molecule has 0 saturated carbocycles. The van der Waals surface area contributed by atoms with E-state index in [1.165, 1.54) is 6.92 Å². The van der Waals surface area contributed by atoms with Crippen LogP contribution in [0.4, 0.5) is 0 Å². The molecule has 0 spiro atoms. The minimum absolute atomic E-state index is 0.140. The van der Waals surface area contributed by atoms with Crippen LogP contribution in [-0.4, -0.2) is 21.6 Å². The lowest BCUT2D eigenvalue weighted by atomic mass is 10.0. The summed E-state index contributed by atoms with van der Waals surface area (Å²) in [5.74, 6) is -0.309. The highest BCUT2D eigenvalue weighted by molar-refractivity contribution is 5.79. The third-order valence-electron chi connectivity index (χ3n) is 5.79. The molecule has 0 aliphatic heterocycles. The zero-order valence-corrected chi connectivity index (χ0v) is 20.1. The van der Waals surface area contributed by atoms with Crippen LogP contribution in [0.2, 0.25) is 0 Å². The third kappa shape index (κ3) is 6.67. The number of amides is 2. The predicted octanol–water partition coefficient (Wildman–Crippen LogP) is 4.79. The number of aryl methyl sites for hydroxylation is 1. The molecule has 3 aromatic carbocycles. The third-order valence-corrected chi connectivity index (χ3v) is 5.79. The standard InChI is InChI=1S/C29H30N4O2/c1-21-13-15-24(16-14-21)27(31-22(2)34)17-28(35)30-18-26-20-33(19-23-9-5-3-6-10-23)32-29(26)25-11-7-4-8-12-25/h3-16,20,27H,17-19H2,1-2H3,(H,30,35)(H,31,34)/t27-/m1/s1. The van der Waals surface area contributed by atoms with Crippen molar-refractivity contribution < 1.29 is 9.59 Å². The number of nitrogens with zero attached hydrogens (tertiary/aromatic N) is 2. The zero-order valence-electron chi connectivity index (χ0n) is 20.1. The maximum Gasteiger partial charge on any atom is 0.222 e. The van der Waals surface area contributed by atoms with E-state index in [1.807, 2.05) is 90.6 Å². The van der Waals surface area contributed by atoms with Gasteiger partial charge in [0, 0.05) is 30.8 Å². The number of carbonyl (C=O) groups is 2. The number of benzene rings is 3. The summed E-state index contributed by atoms with van der Waals surface area (Å²) in [4.78, 5) is 24.7. The van der Waals surface area contributed by atoms with Crippen molar-refractivity contribution in [3.8, 4) is 11.3 Å². The van der Waals surface area contributed by atoms with Crippen LogP contribution in [0.1, 0.15) is 41.6 Å². The van der Waals surface area contributed by atoms with Crippen molar-refractivity contribution in [1.29, 1.82) is 0 Å². The highest BCUT2D eigenvalue weighted by Gasteiger charge is 2.18. The first-order valence-corrected chi connectivity index (χ1v) is 11.7. The molecule has 1 atom stereocenters. The fraction of sp³-hybridized carbons (Fsp3) is 0.207. The first-order valence-electron chi connectivity index (χ1n) is 11.7. The molecule has 0 aliphatic rings. The highest BCUT2D eigenvalue weighted by atomic mass is 16.2. The minimum Gasteiger partial charge on any atom is -0.352 e. The Morgan fingerprint density at radius 3 is 2.23 bits per heavy atom. The van der Waals surface area contributed by atoms with Gasteiger partial charge in [0.05, 0.1) is 24.7 Å². The molecule has 1 heterocycles. The van der Waals surface area contributed by atoms with Crippen molar-refractivity contribution in [3.05, 3.63) is 113 Å². The largest absolute Gasteiger partial charge is 0.352 e. The molecule has 6 nitrogen and oxygen atoms in total. The van der Waals surface area contributed by atoms with Gasteiger partial charge in [-0.3, -0.25) is 14.3 Å². The molecule has 0 unspecified atom stereocenters. The number of hydrogen-bond donors (Lipinski definition) is 2. The van der Waals surface area contributed by atoms with Gasteiger partial charge < -0.3 is 10.6 Å². The van der Waals surface area contributed by atoms with E-state index in [1.54, 1.807) is 0 Å². The molecular weight excluding hydrogens is 436 g/mol.